The normalized spacial score (nSPS) is 16.9. The monoisotopic (exact) mass is 632 g/mol. The molecule has 0 saturated carbocycles. The molecule has 41 heavy (non-hydrogen) atoms. The van der Waals surface area contributed by atoms with Gasteiger partial charge in [0, 0.05) is 28.8 Å². The van der Waals surface area contributed by atoms with Gasteiger partial charge in [0.2, 0.25) is 0 Å². The van der Waals surface area contributed by atoms with Gasteiger partial charge in [-0.1, -0.05) is 35.9 Å². The number of ketones is 1. The molecule has 3 aromatic rings. The number of hydrogen-bond donors (Lipinski definition) is 1. The summed E-state index contributed by atoms with van der Waals surface area (Å²) in [5.41, 5.74) is 11.3. The Kier molecular flexibility index (Phi) is 7.89. The quantitative estimate of drug-likeness (QED) is 0.220. The zero-order valence-electron chi connectivity index (χ0n) is 22.4. The Morgan fingerprint density at radius 1 is 1.17 bits per heavy atom. The number of benzene rings is 3. The third-order valence-electron chi connectivity index (χ3n) is 7.54. The molecule has 1 aliphatic carbocycles. The zero-order valence-corrected chi connectivity index (χ0v) is 24.8. The van der Waals surface area contributed by atoms with Crippen LogP contribution in [0.2, 0.25) is 5.02 Å². The highest BCUT2D eigenvalue weighted by atomic mass is 79.9. The number of nitro groups is 1. The van der Waals surface area contributed by atoms with Crippen molar-refractivity contribution in [3.63, 3.8) is 0 Å². The second-order valence-corrected chi connectivity index (χ2v) is 11.4. The lowest BCUT2D eigenvalue weighted by atomic mass is 9.74. The molecule has 0 saturated heterocycles. The number of anilines is 1. The molecule has 0 amide bonds. The summed E-state index contributed by atoms with van der Waals surface area (Å²) in [7, 11) is 0. The topological polar surface area (TPSA) is 122 Å². The number of ether oxygens (including phenoxy) is 1. The number of allylic oxidation sites excluding steroid dienone is 3. The minimum absolute atomic E-state index is 0.0577. The standard InChI is InChI=1S/C31H26BrClN4O4/c1-17-12-18(2)21(13-19(17)16-41-28-9-4-3-6-23(28)32)29-22(15-34)31(35)36(25-7-5-8-27(38)30(25)29)24-11-10-20(33)14-26(24)37(39)40/h3-4,6,9-14,29H,5,7-8,16,35H2,1-2H3. The Balaban J connectivity index is 1.67. The minimum Gasteiger partial charge on any atom is -0.488 e. The van der Waals surface area contributed by atoms with E-state index in [0.717, 1.165) is 26.7 Å². The van der Waals surface area contributed by atoms with Gasteiger partial charge >= 0.3 is 0 Å². The number of rotatable bonds is 6. The number of carbonyl (C=O) groups is 1. The van der Waals surface area contributed by atoms with Crippen molar-refractivity contribution in [1.29, 1.82) is 5.26 Å². The molecule has 0 radical (unpaired) electrons. The van der Waals surface area contributed by atoms with Gasteiger partial charge in [-0.2, -0.15) is 5.26 Å². The van der Waals surface area contributed by atoms with E-state index in [2.05, 4.69) is 22.0 Å². The average molecular weight is 634 g/mol. The maximum absolute atomic E-state index is 13.6. The van der Waals surface area contributed by atoms with Gasteiger partial charge in [-0.3, -0.25) is 19.8 Å². The summed E-state index contributed by atoms with van der Waals surface area (Å²) in [6.45, 7) is 4.21. The van der Waals surface area contributed by atoms with E-state index >= 15 is 0 Å². The Hall–Kier alpha value is -4.13. The Labute approximate surface area is 250 Å². The van der Waals surface area contributed by atoms with E-state index in [9.17, 15) is 20.2 Å². The fourth-order valence-electron chi connectivity index (χ4n) is 5.60. The molecule has 8 nitrogen and oxygen atoms in total. The maximum atomic E-state index is 13.6. The maximum Gasteiger partial charge on any atom is 0.294 e. The van der Waals surface area contributed by atoms with Crippen molar-refractivity contribution in [1.82, 2.24) is 0 Å². The third-order valence-corrected chi connectivity index (χ3v) is 8.43. The van der Waals surface area contributed by atoms with Crippen LogP contribution in [0.15, 0.2) is 81.7 Å². The molecule has 3 aromatic carbocycles. The van der Waals surface area contributed by atoms with Crippen molar-refractivity contribution in [2.75, 3.05) is 4.90 Å². The van der Waals surface area contributed by atoms with E-state index in [1.165, 1.54) is 23.1 Å². The van der Waals surface area contributed by atoms with E-state index in [1.54, 1.807) is 0 Å². The first kappa shape index (κ1) is 28.4. The highest BCUT2D eigenvalue weighted by Gasteiger charge is 2.42. The lowest BCUT2D eigenvalue weighted by Crippen LogP contribution is -2.39. The first-order valence-corrected chi connectivity index (χ1v) is 14.2. The fourth-order valence-corrected chi connectivity index (χ4v) is 6.17. The van der Waals surface area contributed by atoms with E-state index in [4.69, 9.17) is 22.1 Å². The molecule has 2 N–H and O–H groups in total. The predicted molar refractivity (Wildman–Crippen MR) is 160 cm³/mol. The molecule has 208 valence electrons. The molecule has 2 aliphatic rings. The van der Waals surface area contributed by atoms with E-state index < -0.39 is 10.8 Å². The molecule has 1 unspecified atom stereocenters. The third kappa shape index (κ3) is 5.21. The summed E-state index contributed by atoms with van der Waals surface area (Å²) < 4.78 is 6.93. The number of hydrogen-bond acceptors (Lipinski definition) is 7. The molecular weight excluding hydrogens is 608 g/mol. The van der Waals surface area contributed by atoms with E-state index in [0.29, 0.717) is 36.3 Å². The fraction of sp³-hybridized carbons (Fsp3) is 0.226. The van der Waals surface area contributed by atoms with Crippen LogP contribution >= 0.6 is 27.5 Å². The number of Topliss-reactive ketones (excluding diaryl/α,β-unsaturated/α-hetero) is 1. The predicted octanol–water partition coefficient (Wildman–Crippen LogP) is 7.51. The highest BCUT2D eigenvalue weighted by Crippen LogP contribution is 2.49. The van der Waals surface area contributed by atoms with Gasteiger partial charge in [-0.25, -0.2) is 0 Å². The number of carbonyl (C=O) groups excluding carboxylic acids is 1. The number of nitriles is 1. The number of aryl methyl sites for hydroxylation is 2. The van der Waals surface area contributed by atoms with Crippen LogP contribution < -0.4 is 15.4 Å². The molecule has 1 heterocycles. The van der Waals surface area contributed by atoms with Crippen LogP contribution in [-0.2, 0) is 11.4 Å². The van der Waals surface area contributed by atoms with E-state index in [-0.39, 0.29) is 40.2 Å². The number of nitrogens with zero attached hydrogens (tertiary/aromatic N) is 3. The molecule has 1 atom stereocenters. The Bertz CT molecular complexity index is 1710. The van der Waals surface area contributed by atoms with Crippen molar-refractivity contribution in [2.24, 2.45) is 5.73 Å². The molecule has 5 rings (SSSR count). The Morgan fingerprint density at radius 3 is 2.63 bits per heavy atom. The molecule has 0 aromatic heterocycles. The second-order valence-electron chi connectivity index (χ2n) is 10.1. The van der Waals surface area contributed by atoms with Crippen molar-refractivity contribution in [3.8, 4) is 11.8 Å². The molecule has 1 aliphatic heterocycles. The van der Waals surface area contributed by atoms with Gasteiger partial charge < -0.3 is 10.5 Å². The summed E-state index contributed by atoms with van der Waals surface area (Å²) in [6.07, 6.45) is 1.35. The van der Waals surface area contributed by atoms with Gasteiger partial charge in [0.15, 0.2) is 5.78 Å². The zero-order chi connectivity index (χ0) is 29.4. The van der Waals surface area contributed by atoms with Crippen LogP contribution in [0.3, 0.4) is 0 Å². The number of nitrogens with two attached hydrogens (primary N) is 1. The number of halogens is 2. The van der Waals surface area contributed by atoms with Crippen LogP contribution in [0.4, 0.5) is 11.4 Å². The minimum atomic E-state index is -0.715. The van der Waals surface area contributed by atoms with Crippen LogP contribution in [0.25, 0.3) is 0 Å². The molecular formula is C31H26BrClN4O4. The van der Waals surface area contributed by atoms with Crippen LogP contribution in [0.5, 0.6) is 5.75 Å². The molecule has 0 bridgehead atoms. The van der Waals surface area contributed by atoms with Gasteiger partial charge in [-0.05, 0) is 89.1 Å². The average Bonchev–Trinajstić information content (AvgIpc) is 2.93. The molecule has 10 heteroatoms. The number of para-hydroxylation sites is 1. The van der Waals surface area contributed by atoms with Crippen LogP contribution in [0, 0.1) is 35.3 Å². The molecule has 0 spiro atoms. The van der Waals surface area contributed by atoms with Crippen molar-refractivity contribution in [3.05, 3.63) is 119 Å². The summed E-state index contributed by atoms with van der Waals surface area (Å²) in [4.78, 5) is 26.5. The largest absolute Gasteiger partial charge is 0.488 e. The smallest absolute Gasteiger partial charge is 0.294 e. The van der Waals surface area contributed by atoms with Gasteiger partial charge in [-0.15, -0.1) is 0 Å². The highest BCUT2D eigenvalue weighted by molar-refractivity contribution is 9.10. The lowest BCUT2D eigenvalue weighted by Gasteiger charge is -2.39. The summed E-state index contributed by atoms with van der Waals surface area (Å²) in [6, 6.07) is 18.1. The second kappa shape index (κ2) is 11.4. The number of nitro benzene ring substituents is 1. The van der Waals surface area contributed by atoms with Crippen molar-refractivity contribution >= 4 is 44.7 Å². The molecule has 0 fully saturated rings. The van der Waals surface area contributed by atoms with Crippen LogP contribution in [0.1, 0.15) is 47.4 Å². The van der Waals surface area contributed by atoms with Crippen molar-refractivity contribution < 1.29 is 14.5 Å². The van der Waals surface area contributed by atoms with E-state index in [1.807, 2.05) is 50.2 Å². The first-order chi connectivity index (χ1) is 19.6. The van der Waals surface area contributed by atoms with Crippen molar-refractivity contribution in [2.45, 2.75) is 45.6 Å². The van der Waals surface area contributed by atoms with Gasteiger partial charge in [0.05, 0.1) is 27.0 Å². The van der Waals surface area contributed by atoms with Gasteiger partial charge in [0.1, 0.15) is 23.9 Å². The van der Waals surface area contributed by atoms with Gasteiger partial charge in [0.25, 0.3) is 5.69 Å². The summed E-state index contributed by atoms with van der Waals surface area (Å²) >= 11 is 9.59. The summed E-state index contributed by atoms with van der Waals surface area (Å²) in [5.74, 6) is -0.0686. The SMILES string of the molecule is Cc1cc(C)c(C2C(C#N)=C(N)N(c3ccc(Cl)cc3[N+](=O)[O-])C3=C2C(=O)CCC3)cc1COc1ccccc1Br. The lowest BCUT2D eigenvalue weighted by molar-refractivity contribution is -0.384. The Morgan fingerprint density at radius 2 is 1.93 bits per heavy atom. The van der Waals surface area contributed by atoms with Crippen LogP contribution in [-0.4, -0.2) is 10.7 Å². The first-order valence-electron chi connectivity index (χ1n) is 13.0. The summed E-state index contributed by atoms with van der Waals surface area (Å²) in [5, 5.41) is 22.6.